The largest absolute Gasteiger partial charge is 0.437 e. The summed E-state index contributed by atoms with van der Waals surface area (Å²) in [5.41, 5.74) is 1.62. The highest BCUT2D eigenvalue weighted by atomic mass is 79.9. The topological polar surface area (TPSA) is 75.6 Å². The SMILES string of the molecule is CN1CCC(OC(=O)c2ccc(CCBr)cc2)N(c2nnc(C3CCCC3)s2)C1=O. The first-order chi connectivity index (χ1) is 14.6. The molecule has 160 valence electrons. The van der Waals surface area contributed by atoms with Gasteiger partial charge in [-0.15, -0.1) is 10.2 Å². The molecule has 0 radical (unpaired) electrons. The fraction of sp³-hybridized carbons (Fsp3) is 0.524. The van der Waals surface area contributed by atoms with E-state index in [0.29, 0.717) is 29.6 Å². The van der Waals surface area contributed by atoms with E-state index in [1.807, 2.05) is 12.1 Å². The van der Waals surface area contributed by atoms with Crippen molar-refractivity contribution in [3.63, 3.8) is 0 Å². The van der Waals surface area contributed by atoms with Crippen molar-refractivity contribution in [3.8, 4) is 0 Å². The van der Waals surface area contributed by atoms with Gasteiger partial charge in [0.2, 0.25) is 5.13 Å². The predicted molar refractivity (Wildman–Crippen MR) is 119 cm³/mol. The Morgan fingerprint density at radius 3 is 2.63 bits per heavy atom. The maximum atomic E-state index is 12.9. The number of amides is 2. The summed E-state index contributed by atoms with van der Waals surface area (Å²) in [5, 5.41) is 11.0. The molecule has 1 aliphatic carbocycles. The third-order valence-electron chi connectivity index (χ3n) is 5.69. The number of halogens is 1. The molecule has 0 bridgehead atoms. The van der Waals surface area contributed by atoms with E-state index in [4.69, 9.17) is 4.74 Å². The van der Waals surface area contributed by atoms with Gasteiger partial charge in [0, 0.05) is 31.3 Å². The fourth-order valence-corrected chi connectivity index (χ4v) is 5.43. The first-order valence-electron chi connectivity index (χ1n) is 10.3. The van der Waals surface area contributed by atoms with Crippen LogP contribution in [0.3, 0.4) is 0 Å². The second-order valence-electron chi connectivity index (χ2n) is 7.76. The summed E-state index contributed by atoms with van der Waals surface area (Å²) in [6.07, 6.45) is 5.38. The van der Waals surface area contributed by atoms with E-state index in [2.05, 4.69) is 26.1 Å². The zero-order valence-corrected chi connectivity index (χ0v) is 19.3. The number of nitrogens with zero attached hydrogens (tertiary/aromatic N) is 4. The van der Waals surface area contributed by atoms with Crippen molar-refractivity contribution in [1.29, 1.82) is 0 Å². The van der Waals surface area contributed by atoms with Gasteiger partial charge in [0.1, 0.15) is 5.01 Å². The van der Waals surface area contributed by atoms with Gasteiger partial charge in [-0.3, -0.25) is 0 Å². The molecule has 2 aromatic rings. The van der Waals surface area contributed by atoms with Crippen LogP contribution in [0, 0.1) is 0 Å². The molecule has 7 nitrogen and oxygen atoms in total. The number of esters is 1. The number of aryl methyl sites for hydroxylation is 1. The minimum absolute atomic E-state index is 0.221. The van der Waals surface area contributed by atoms with Crippen LogP contribution in [0.25, 0.3) is 0 Å². The van der Waals surface area contributed by atoms with Crippen molar-refractivity contribution in [2.24, 2.45) is 0 Å². The van der Waals surface area contributed by atoms with Gasteiger partial charge in [-0.1, -0.05) is 52.2 Å². The van der Waals surface area contributed by atoms with Gasteiger partial charge in [0.05, 0.1) is 5.56 Å². The molecule has 1 saturated heterocycles. The lowest BCUT2D eigenvalue weighted by Gasteiger charge is -2.37. The lowest BCUT2D eigenvalue weighted by atomic mass is 10.1. The summed E-state index contributed by atoms with van der Waals surface area (Å²) >= 11 is 4.86. The van der Waals surface area contributed by atoms with Gasteiger partial charge in [-0.2, -0.15) is 0 Å². The lowest BCUT2D eigenvalue weighted by Crippen LogP contribution is -2.54. The first-order valence-corrected chi connectivity index (χ1v) is 12.2. The number of carbonyl (C=O) groups is 2. The quantitative estimate of drug-likeness (QED) is 0.435. The highest BCUT2D eigenvalue weighted by molar-refractivity contribution is 9.09. The van der Waals surface area contributed by atoms with E-state index < -0.39 is 12.2 Å². The molecule has 1 aliphatic heterocycles. The molecule has 0 spiro atoms. The molecule has 2 aliphatic rings. The summed E-state index contributed by atoms with van der Waals surface area (Å²) in [5.74, 6) is -0.0128. The molecular weight excluding hydrogens is 468 g/mol. The Bertz CT molecular complexity index is 898. The van der Waals surface area contributed by atoms with E-state index in [0.717, 1.165) is 35.2 Å². The molecule has 0 N–H and O–H groups in total. The van der Waals surface area contributed by atoms with Crippen molar-refractivity contribution in [1.82, 2.24) is 15.1 Å². The van der Waals surface area contributed by atoms with E-state index in [1.54, 1.807) is 24.1 Å². The Morgan fingerprint density at radius 1 is 1.20 bits per heavy atom. The van der Waals surface area contributed by atoms with Gasteiger partial charge in [-0.05, 0) is 37.0 Å². The zero-order chi connectivity index (χ0) is 21.1. The number of urea groups is 1. The molecule has 1 atom stereocenters. The smallest absolute Gasteiger partial charge is 0.340 e. The van der Waals surface area contributed by atoms with E-state index in [-0.39, 0.29) is 6.03 Å². The van der Waals surface area contributed by atoms with E-state index in [9.17, 15) is 9.59 Å². The van der Waals surface area contributed by atoms with Crippen molar-refractivity contribution in [2.75, 3.05) is 23.8 Å². The number of hydrogen-bond acceptors (Lipinski definition) is 6. The third-order valence-corrected chi connectivity index (χ3v) is 7.17. The van der Waals surface area contributed by atoms with Crippen LogP contribution >= 0.6 is 27.3 Å². The molecule has 30 heavy (non-hydrogen) atoms. The Kier molecular flexibility index (Phi) is 6.67. The summed E-state index contributed by atoms with van der Waals surface area (Å²) in [6.45, 7) is 0.520. The summed E-state index contributed by atoms with van der Waals surface area (Å²) in [6, 6.07) is 7.16. The van der Waals surface area contributed by atoms with Crippen LogP contribution in [0.4, 0.5) is 9.93 Å². The molecule has 4 rings (SSSR count). The second-order valence-corrected chi connectivity index (χ2v) is 9.54. The molecule has 1 aromatic heterocycles. The van der Waals surface area contributed by atoms with Crippen LogP contribution < -0.4 is 4.90 Å². The minimum atomic E-state index is -0.687. The van der Waals surface area contributed by atoms with E-state index in [1.165, 1.54) is 29.1 Å². The summed E-state index contributed by atoms with van der Waals surface area (Å²) in [4.78, 5) is 28.7. The van der Waals surface area contributed by atoms with Gasteiger partial charge < -0.3 is 9.64 Å². The van der Waals surface area contributed by atoms with Gasteiger partial charge >= 0.3 is 12.0 Å². The normalized spacial score (nSPS) is 20.1. The Balaban J connectivity index is 1.51. The van der Waals surface area contributed by atoms with Gasteiger partial charge in [0.15, 0.2) is 6.23 Å². The average Bonchev–Trinajstić information content (AvgIpc) is 3.43. The van der Waals surface area contributed by atoms with E-state index >= 15 is 0 Å². The fourth-order valence-electron chi connectivity index (χ4n) is 3.92. The maximum absolute atomic E-state index is 12.9. The third kappa shape index (κ3) is 4.51. The minimum Gasteiger partial charge on any atom is -0.437 e. The number of benzene rings is 1. The van der Waals surface area contributed by atoms with Crippen molar-refractivity contribution in [2.45, 2.75) is 50.7 Å². The Hall–Kier alpha value is -2.00. The van der Waals surface area contributed by atoms with Crippen LogP contribution in [-0.2, 0) is 11.2 Å². The standard InChI is InChI=1S/C21H25BrN4O3S/c1-25-13-11-17(29-19(27)16-8-6-14(7-9-16)10-12-22)26(21(25)28)20-24-23-18(30-20)15-4-2-3-5-15/h6-9,15,17H,2-5,10-13H2,1H3. The first kappa shape index (κ1) is 21.2. The van der Waals surface area contributed by atoms with Gasteiger partial charge in [0.25, 0.3) is 0 Å². The lowest BCUT2D eigenvalue weighted by molar-refractivity contribution is 0.0229. The molecule has 1 saturated carbocycles. The van der Waals surface area contributed by atoms with Crippen LogP contribution in [0.1, 0.15) is 59.0 Å². The molecule has 2 heterocycles. The number of hydrogen-bond donors (Lipinski definition) is 0. The molecule has 2 fully saturated rings. The maximum Gasteiger partial charge on any atom is 0.340 e. The second kappa shape index (κ2) is 9.43. The highest BCUT2D eigenvalue weighted by Crippen LogP contribution is 2.38. The molecule has 9 heteroatoms. The predicted octanol–water partition coefficient (Wildman–Crippen LogP) is 4.58. The Labute approximate surface area is 188 Å². The monoisotopic (exact) mass is 492 g/mol. The number of alkyl halides is 1. The van der Waals surface area contributed by atoms with Crippen molar-refractivity contribution < 1.29 is 14.3 Å². The summed E-state index contributed by atoms with van der Waals surface area (Å²) < 4.78 is 5.77. The van der Waals surface area contributed by atoms with Crippen LogP contribution in [0.2, 0.25) is 0 Å². The van der Waals surface area contributed by atoms with Crippen molar-refractivity contribution >= 4 is 44.4 Å². The van der Waals surface area contributed by atoms with Crippen LogP contribution in [-0.4, -0.2) is 52.2 Å². The molecule has 1 unspecified atom stereocenters. The average molecular weight is 493 g/mol. The number of ether oxygens (including phenoxy) is 1. The van der Waals surface area contributed by atoms with Crippen LogP contribution in [0.5, 0.6) is 0 Å². The van der Waals surface area contributed by atoms with Crippen LogP contribution in [0.15, 0.2) is 24.3 Å². The zero-order valence-electron chi connectivity index (χ0n) is 16.9. The highest BCUT2D eigenvalue weighted by Gasteiger charge is 2.38. The Morgan fingerprint density at radius 2 is 1.93 bits per heavy atom. The number of anilines is 1. The number of rotatable bonds is 6. The number of carbonyl (C=O) groups excluding carboxylic acids is 2. The number of aromatic nitrogens is 2. The molecule has 1 aromatic carbocycles. The van der Waals surface area contributed by atoms with Gasteiger partial charge in [-0.25, -0.2) is 14.5 Å². The molecular formula is C21H25BrN4O3S. The van der Waals surface area contributed by atoms with Crippen molar-refractivity contribution in [3.05, 3.63) is 40.4 Å². The summed E-state index contributed by atoms with van der Waals surface area (Å²) in [7, 11) is 1.74. The molecule has 2 amide bonds.